The molecular formula is C20H24N2O. The first kappa shape index (κ1) is 15.6. The van der Waals surface area contributed by atoms with Gasteiger partial charge in [0.2, 0.25) is 0 Å². The number of hydrogen-bond acceptors (Lipinski definition) is 3. The first-order valence-corrected chi connectivity index (χ1v) is 8.09. The van der Waals surface area contributed by atoms with Gasteiger partial charge in [0.25, 0.3) is 0 Å². The second-order valence-electron chi connectivity index (χ2n) is 6.63. The number of hydrogen-bond donors (Lipinski definition) is 3. The minimum atomic E-state index is 0.103. The highest BCUT2D eigenvalue weighted by molar-refractivity contribution is 5.72. The number of aryl methyl sites for hydroxylation is 2. The van der Waals surface area contributed by atoms with Gasteiger partial charge in [0, 0.05) is 5.56 Å². The van der Waals surface area contributed by atoms with Gasteiger partial charge in [0.05, 0.1) is 11.7 Å². The van der Waals surface area contributed by atoms with E-state index in [0.29, 0.717) is 11.7 Å². The van der Waals surface area contributed by atoms with Crippen molar-refractivity contribution in [3.63, 3.8) is 0 Å². The van der Waals surface area contributed by atoms with E-state index in [1.807, 2.05) is 26.0 Å². The molecule has 3 rings (SSSR count). The standard InChI is InChI=1S/C20H24N2O/c1-12(2)15-5-7-16(8-6-15)18-11-19(22-21-18)17-10-13(3)9-14(4)20(17)23/h5-12,18,21-23H,1-4H3/t18-/m1/s1. The number of rotatable bonds is 3. The van der Waals surface area contributed by atoms with Gasteiger partial charge in [-0.1, -0.05) is 44.2 Å². The predicted molar refractivity (Wildman–Crippen MR) is 95.1 cm³/mol. The summed E-state index contributed by atoms with van der Waals surface area (Å²) in [6.07, 6.45) is 2.12. The van der Waals surface area contributed by atoms with Crippen molar-refractivity contribution in [2.24, 2.45) is 0 Å². The lowest BCUT2D eigenvalue weighted by molar-refractivity contribution is 0.468. The molecule has 0 saturated carbocycles. The molecule has 23 heavy (non-hydrogen) atoms. The van der Waals surface area contributed by atoms with Crippen LogP contribution in [0.25, 0.3) is 5.70 Å². The van der Waals surface area contributed by atoms with Crippen LogP contribution in [0.5, 0.6) is 5.75 Å². The van der Waals surface area contributed by atoms with Crippen LogP contribution in [-0.4, -0.2) is 5.11 Å². The first-order valence-electron chi connectivity index (χ1n) is 8.09. The summed E-state index contributed by atoms with van der Waals surface area (Å²) in [5.74, 6) is 0.879. The van der Waals surface area contributed by atoms with E-state index in [4.69, 9.17) is 0 Å². The zero-order valence-corrected chi connectivity index (χ0v) is 14.1. The van der Waals surface area contributed by atoms with Crippen LogP contribution in [0.15, 0.2) is 42.5 Å². The van der Waals surface area contributed by atoms with Crippen molar-refractivity contribution >= 4 is 5.70 Å². The summed E-state index contributed by atoms with van der Waals surface area (Å²) >= 11 is 0. The summed E-state index contributed by atoms with van der Waals surface area (Å²) in [5.41, 5.74) is 12.8. The minimum absolute atomic E-state index is 0.103. The largest absolute Gasteiger partial charge is 0.507 e. The third kappa shape index (κ3) is 3.10. The van der Waals surface area contributed by atoms with Crippen LogP contribution in [0, 0.1) is 13.8 Å². The molecule has 0 unspecified atom stereocenters. The summed E-state index contributed by atoms with van der Waals surface area (Å²) < 4.78 is 0. The van der Waals surface area contributed by atoms with Gasteiger partial charge in [-0.2, -0.15) is 0 Å². The van der Waals surface area contributed by atoms with Gasteiger partial charge in [-0.15, -0.1) is 0 Å². The highest BCUT2D eigenvalue weighted by atomic mass is 16.3. The lowest BCUT2D eigenvalue weighted by Crippen LogP contribution is -2.26. The molecule has 1 heterocycles. The van der Waals surface area contributed by atoms with Crippen molar-refractivity contribution in [3.8, 4) is 5.75 Å². The predicted octanol–water partition coefficient (Wildman–Crippen LogP) is 4.32. The lowest BCUT2D eigenvalue weighted by Gasteiger charge is -2.12. The Hall–Kier alpha value is -2.26. The van der Waals surface area contributed by atoms with E-state index in [1.54, 1.807) is 0 Å². The van der Waals surface area contributed by atoms with E-state index in [9.17, 15) is 5.11 Å². The van der Waals surface area contributed by atoms with Crippen molar-refractivity contribution in [1.29, 1.82) is 0 Å². The Balaban J connectivity index is 1.89. The molecule has 0 aliphatic carbocycles. The normalized spacial score (nSPS) is 17.3. The fourth-order valence-electron chi connectivity index (χ4n) is 3.00. The highest BCUT2D eigenvalue weighted by Gasteiger charge is 2.20. The van der Waals surface area contributed by atoms with Crippen LogP contribution in [-0.2, 0) is 0 Å². The lowest BCUT2D eigenvalue weighted by atomic mass is 9.98. The molecule has 3 heteroatoms. The molecule has 0 spiro atoms. The highest BCUT2D eigenvalue weighted by Crippen LogP contribution is 2.32. The number of benzene rings is 2. The molecule has 0 aromatic heterocycles. The quantitative estimate of drug-likeness (QED) is 0.791. The molecule has 0 bridgehead atoms. The Morgan fingerprint density at radius 1 is 1.04 bits per heavy atom. The molecule has 1 aliphatic heterocycles. The van der Waals surface area contributed by atoms with Gasteiger partial charge < -0.3 is 10.5 Å². The Kier molecular flexibility index (Phi) is 4.14. The van der Waals surface area contributed by atoms with E-state index >= 15 is 0 Å². The van der Waals surface area contributed by atoms with Gasteiger partial charge in [0.15, 0.2) is 0 Å². The van der Waals surface area contributed by atoms with Crippen molar-refractivity contribution < 1.29 is 5.11 Å². The number of hydrazine groups is 1. The van der Waals surface area contributed by atoms with Crippen molar-refractivity contribution in [3.05, 3.63) is 70.3 Å². The topological polar surface area (TPSA) is 44.3 Å². The average Bonchev–Trinajstić information content (AvgIpc) is 3.00. The van der Waals surface area contributed by atoms with Crippen LogP contribution in [0.3, 0.4) is 0 Å². The van der Waals surface area contributed by atoms with Crippen LogP contribution in [0.2, 0.25) is 0 Å². The van der Waals surface area contributed by atoms with Gasteiger partial charge in [0.1, 0.15) is 5.75 Å². The summed E-state index contributed by atoms with van der Waals surface area (Å²) in [7, 11) is 0. The summed E-state index contributed by atoms with van der Waals surface area (Å²) in [6.45, 7) is 8.37. The second-order valence-corrected chi connectivity index (χ2v) is 6.63. The maximum atomic E-state index is 10.3. The molecule has 0 fully saturated rings. The number of nitrogens with one attached hydrogen (secondary N) is 2. The molecule has 1 aliphatic rings. The zero-order valence-electron chi connectivity index (χ0n) is 14.1. The fourth-order valence-corrected chi connectivity index (χ4v) is 3.00. The molecule has 0 saturated heterocycles. The van der Waals surface area contributed by atoms with E-state index in [-0.39, 0.29) is 6.04 Å². The average molecular weight is 308 g/mol. The Bertz CT molecular complexity index is 745. The van der Waals surface area contributed by atoms with Gasteiger partial charge in [-0.05, 0) is 54.2 Å². The number of phenols is 1. The molecule has 3 N–H and O–H groups in total. The van der Waals surface area contributed by atoms with Gasteiger partial charge >= 0.3 is 0 Å². The fraction of sp³-hybridized carbons (Fsp3) is 0.300. The van der Waals surface area contributed by atoms with E-state index in [2.05, 4.69) is 55.0 Å². The Morgan fingerprint density at radius 3 is 2.39 bits per heavy atom. The molecule has 0 amide bonds. The zero-order chi connectivity index (χ0) is 16.6. The Morgan fingerprint density at radius 2 is 1.74 bits per heavy atom. The van der Waals surface area contributed by atoms with E-state index in [0.717, 1.165) is 22.4 Å². The van der Waals surface area contributed by atoms with Crippen LogP contribution >= 0.6 is 0 Å². The molecular weight excluding hydrogens is 284 g/mol. The van der Waals surface area contributed by atoms with E-state index < -0.39 is 0 Å². The molecule has 0 radical (unpaired) electrons. The van der Waals surface area contributed by atoms with Gasteiger partial charge in [-0.25, -0.2) is 5.43 Å². The second kappa shape index (κ2) is 6.09. The number of phenolic OH excluding ortho intramolecular Hbond substituents is 1. The molecule has 2 aromatic carbocycles. The first-order chi connectivity index (χ1) is 11.0. The van der Waals surface area contributed by atoms with Crippen LogP contribution in [0.4, 0.5) is 0 Å². The maximum Gasteiger partial charge on any atom is 0.127 e. The Labute approximate surface area is 138 Å². The van der Waals surface area contributed by atoms with E-state index in [1.165, 1.54) is 11.1 Å². The summed E-state index contributed by atoms with van der Waals surface area (Å²) in [6, 6.07) is 12.8. The van der Waals surface area contributed by atoms with Crippen LogP contribution in [0.1, 0.15) is 53.6 Å². The molecule has 120 valence electrons. The molecule has 2 aromatic rings. The number of aromatic hydroxyl groups is 1. The van der Waals surface area contributed by atoms with Gasteiger partial charge in [-0.3, -0.25) is 0 Å². The van der Waals surface area contributed by atoms with Crippen LogP contribution < -0.4 is 10.9 Å². The smallest absolute Gasteiger partial charge is 0.127 e. The summed E-state index contributed by atoms with van der Waals surface area (Å²) in [5, 5.41) is 10.3. The van der Waals surface area contributed by atoms with Crippen molar-refractivity contribution in [2.45, 2.75) is 39.7 Å². The maximum absolute atomic E-state index is 10.3. The summed E-state index contributed by atoms with van der Waals surface area (Å²) in [4.78, 5) is 0. The minimum Gasteiger partial charge on any atom is -0.507 e. The van der Waals surface area contributed by atoms with Crippen molar-refractivity contribution in [2.75, 3.05) is 0 Å². The van der Waals surface area contributed by atoms with Crippen molar-refractivity contribution in [1.82, 2.24) is 10.9 Å². The third-order valence-electron chi connectivity index (χ3n) is 4.39. The monoisotopic (exact) mass is 308 g/mol. The molecule has 3 nitrogen and oxygen atoms in total. The molecule has 1 atom stereocenters. The SMILES string of the molecule is Cc1cc(C)c(O)c(C2=C[C@H](c3ccc(C(C)C)cc3)NN2)c1. The third-order valence-corrected chi connectivity index (χ3v) is 4.39.